The molecule has 0 bridgehead atoms. The first-order valence-electron chi connectivity index (χ1n) is 6.89. The Morgan fingerprint density at radius 2 is 1.89 bits per heavy atom. The normalized spacial score (nSPS) is 16.2. The zero-order valence-electron chi connectivity index (χ0n) is 10.6. The molecule has 1 heterocycles. The van der Waals surface area contributed by atoms with Crippen molar-refractivity contribution in [1.29, 1.82) is 0 Å². The molecule has 1 saturated carbocycles. The molecule has 102 valence electrons. The highest BCUT2D eigenvalue weighted by Gasteiger charge is 2.14. The minimum atomic E-state index is 0. The molecule has 1 aliphatic rings. The van der Waals surface area contributed by atoms with Gasteiger partial charge in [0, 0.05) is 11.6 Å². The first kappa shape index (κ1) is 13.9. The molecule has 0 radical (unpaired) electrons. The van der Waals surface area contributed by atoms with E-state index in [2.05, 4.69) is 11.1 Å². The Labute approximate surface area is 115 Å². The Hall–Kier alpha value is -1.57. The molecule has 2 aromatic rings. The number of aromatic hydroxyl groups is 1. The average molecular weight is 257 g/mol. The van der Waals surface area contributed by atoms with E-state index in [0.29, 0.717) is 5.75 Å². The number of pyridine rings is 1. The fourth-order valence-electron chi connectivity index (χ4n) is 3.00. The zero-order valence-corrected chi connectivity index (χ0v) is 10.6. The Balaban J connectivity index is 0.00000133. The molecule has 2 heteroatoms. The summed E-state index contributed by atoms with van der Waals surface area (Å²) < 4.78 is 0. The van der Waals surface area contributed by atoms with Crippen LogP contribution < -0.4 is 0 Å². The van der Waals surface area contributed by atoms with Crippen LogP contribution in [0.25, 0.3) is 10.9 Å². The molecule has 1 aromatic carbocycles. The van der Waals surface area contributed by atoms with Crippen molar-refractivity contribution in [2.75, 3.05) is 0 Å². The van der Waals surface area contributed by atoms with Gasteiger partial charge in [0.05, 0.1) is 5.52 Å². The minimum absolute atomic E-state index is 0. The number of aromatic nitrogens is 1. The van der Waals surface area contributed by atoms with E-state index < -0.39 is 0 Å². The van der Waals surface area contributed by atoms with Gasteiger partial charge >= 0.3 is 0 Å². The first-order chi connectivity index (χ1) is 8.81. The lowest BCUT2D eigenvalue weighted by atomic mass is 9.85. The van der Waals surface area contributed by atoms with Gasteiger partial charge in [-0.3, -0.25) is 4.98 Å². The summed E-state index contributed by atoms with van der Waals surface area (Å²) in [5.74, 6) is 1.15. The third-order valence-corrected chi connectivity index (χ3v) is 3.97. The maximum Gasteiger partial charge on any atom is 0.116 e. The first-order valence-corrected chi connectivity index (χ1v) is 6.89. The summed E-state index contributed by atoms with van der Waals surface area (Å²) in [6.45, 7) is 0. The van der Waals surface area contributed by atoms with Gasteiger partial charge in [0.1, 0.15) is 5.75 Å². The third-order valence-electron chi connectivity index (χ3n) is 3.97. The second-order valence-corrected chi connectivity index (χ2v) is 5.43. The molecule has 0 saturated heterocycles. The number of phenols is 1. The summed E-state index contributed by atoms with van der Waals surface area (Å²) in [5, 5.41) is 10.6. The van der Waals surface area contributed by atoms with Crippen LogP contribution in [0.2, 0.25) is 0 Å². The summed E-state index contributed by atoms with van der Waals surface area (Å²) in [6, 6.07) is 7.54. The fourth-order valence-corrected chi connectivity index (χ4v) is 3.00. The van der Waals surface area contributed by atoms with Gasteiger partial charge in [-0.05, 0) is 42.2 Å². The second-order valence-electron chi connectivity index (χ2n) is 5.43. The molecule has 3 rings (SSSR count). The van der Waals surface area contributed by atoms with Crippen LogP contribution in [-0.2, 0) is 6.42 Å². The Morgan fingerprint density at radius 3 is 2.68 bits per heavy atom. The number of fused-ring (bicyclic) bond motifs is 1. The lowest BCUT2D eigenvalue weighted by molar-refractivity contribution is 0.356. The minimum Gasteiger partial charge on any atom is -0.508 e. The highest BCUT2D eigenvalue weighted by Crippen LogP contribution is 2.28. The molecule has 0 aliphatic heterocycles. The van der Waals surface area contributed by atoms with Crippen LogP contribution in [0.1, 0.15) is 45.1 Å². The lowest BCUT2D eigenvalue weighted by Gasteiger charge is -2.21. The fraction of sp³-hybridized carbons (Fsp3) is 0.471. The SMILES string of the molecule is C.Oc1ccc2ncc(CC3CCCCC3)cc2c1. The van der Waals surface area contributed by atoms with Crippen LogP contribution >= 0.6 is 0 Å². The predicted molar refractivity (Wildman–Crippen MR) is 80.4 cm³/mol. The van der Waals surface area contributed by atoms with Crippen LogP contribution in [0.5, 0.6) is 5.75 Å². The van der Waals surface area contributed by atoms with E-state index in [-0.39, 0.29) is 7.43 Å². The number of hydrogen-bond acceptors (Lipinski definition) is 2. The Kier molecular flexibility index (Phi) is 4.41. The summed E-state index contributed by atoms with van der Waals surface area (Å²) >= 11 is 0. The van der Waals surface area contributed by atoms with Crippen molar-refractivity contribution < 1.29 is 5.11 Å². The van der Waals surface area contributed by atoms with E-state index >= 15 is 0 Å². The summed E-state index contributed by atoms with van der Waals surface area (Å²) in [4.78, 5) is 4.48. The number of benzene rings is 1. The molecule has 0 amide bonds. The van der Waals surface area contributed by atoms with Gasteiger partial charge in [0.25, 0.3) is 0 Å². The van der Waals surface area contributed by atoms with Gasteiger partial charge < -0.3 is 5.11 Å². The van der Waals surface area contributed by atoms with Gasteiger partial charge in [-0.25, -0.2) is 0 Å². The molecular weight excluding hydrogens is 234 g/mol. The van der Waals surface area contributed by atoms with Crippen molar-refractivity contribution in [3.05, 3.63) is 36.0 Å². The van der Waals surface area contributed by atoms with Gasteiger partial charge in [0.2, 0.25) is 0 Å². The molecule has 1 fully saturated rings. The van der Waals surface area contributed by atoms with E-state index in [4.69, 9.17) is 0 Å². The number of phenolic OH excluding ortho intramolecular Hbond substituents is 1. The highest BCUT2D eigenvalue weighted by atomic mass is 16.3. The molecule has 0 spiro atoms. The number of rotatable bonds is 2. The predicted octanol–water partition coefficient (Wildman–Crippen LogP) is 4.70. The van der Waals surface area contributed by atoms with Gasteiger partial charge in [-0.15, -0.1) is 0 Å². The topological polar surface area (TPSA) is 33.1 Å². The standard InChI is InChI=1S/C16H19NO.CH4/c18-15-6-7-16-14(10-15)9-13(11-17-16)8-12-4-2-1-3-5-12;/h6-7,9-12,18H,1-5,8H2;1H4. The molecule has 2 nitrogen and oxygen atoms in total. The maximum atomic E-state index is 9.51. The molecule has 1 aromatic heterocycles. The van der Waals surface area contributed by atoms with Crippen molar-refractivity contribution in [2.45, 2.75) is 46.0 Å². The van der Waals surface area contributed by atoms with Gasteiger partial charge in [0.15, 0.2) is 0 Å². The molecule has 1 aliphatic carbocycles. The van der Waals surface area contributed by atoms with Crippen molar-refractivity contribution in [3.8, 4) is 5.75 Å². The van der Waals surface area contributed by atoms with E-state index in [1.165, 1.54) is 37.7 Å². The van der Waals surface area contributed by atoms with Crippen molar-refractivity contribution in [1.82, 2.24) is 4.98 Å². The summed E-state index contributed by atoms with van der Waals surface area (Å²) in [5.41, 5.74) is 2.26. The smallest absolute Gasteiger partial charge is 0.116 e. The average Bonchev–Trinajstić information content (AvgIpc) is 2.39. The highest BCUT2D eigenvalue weighted by molar-refractivity contribution is 5.80. The van der Waals surface area contributed by atoms with E-state index in [0.717, 1.165) is 23.2 Å². The molecule has 0 unspecified atom stereocenters. The van der Waals surface area contributed by atoms with Crippen molar-refractivity contribution in [3.63, 3.8) is 0 Å². The summed E-state index contributed by atoms with van der Waals surface area (Å²) in [7, 11) is 0. The second kappa shape index (κ2) is 6.05. The van der Waals surface area contributed by atoms with E-state index in [1.54, 1.807) is 12.1 Å². The largest absolute Gasteiger partial charge is 0.508 e. The van der Waals surface area contributed by atoms with Gasteiger partial charge in [-0.1, -0.05) is 39.5 Å². The monoisotopic (exact) mass is 257 g/mol. The number of nitrogens with zero attached hydrogens (tertiary/aromatic N) is 1. The van der Waals surface area contributed by atoms with Crippen LogP contribution in [0.4, 0.5) is 0 Å². The quantitative estimate of drug-likeness (QED) is 0.846. The molecule has 0 atom stereocenters. The molecule has 1 N–H and O–H groups in total. The Morgan fingerprint density at radius 1 is 1.11 bits per heavy atom. The summed E-state index contributed by atoms with van der Waals surface area (Å²) in [6.07, 6.45) is 10.0. The van der Waals surface area contributed by atoms with Crippen LogP contribution in [0, 0.1) is 5.92 Å². The molecular formula is C17H23NO. The van der Waals surface area contributed by atoms with E-state index in [1.807, 2.05) is 12.3 Å². The van der Waals surface area contributed by atoms with Crippen LogP contribution in [0.3, 0.4) is 0 Å². The zero-order chi connectivity index (χ0) is 12.4. The van der Waals surface area contributed by atoms with Crippen molar-refractivity contribution in [2.24, 2.45) is 5.92 Å². The van der Waals surface area contributed by atoms with E-state index in [9.17, 15) is 5.11 Å². The third kappa shape index (κ3) is 3.25. The lowest BCUT2D eigenvalue weighted by Crippen LogP contribution is -2.09. The van der Waals surface area contributed by atoms with Crippen LogP contribution in [-0.4, -0.2) is 10.1 Å². The molecule has 19 heavy (non-hydrogen) atoms. The van der Waals surface area contributed by atoms with Crippen LogP contribution in [0.15, 0.2) is 30.5 Å². The van der Waals surface area contributed by atoms with Crippen molar-refractivity contribution >= 4 is 10.9 Å². The Bertz CT molecular complexity index is 544. The van der Waals surface area contributed by atoms with Gasteiger partial charge in [-0.2, -0.15) is 0 Å². The maximum absolute atomic E-state index is 9.51. The number of hydrogen-bond donors (Lipinski definition) is 1.